The Labute approximate surface area is 136 Å². The number of benzene rings is 1. The molecule has 0 aliphatic heterocycles. The molecule has 0 fully saturated rings. The van der Waals surface area contributed by atoms with Gasteiger partial charge in [0, 0.05) is 11.9 Å². The van der Waals surface area contributed by atoms with E-state index in [1.54, 1.807) is 0 Å². The molecule has 5 nitrogen and oxygen atoms in total. The van der Waals surface area contributed by atoms with Crippen molar-refractivity contribution < 1.29 is 4.79 Å². The molecule has 1 amide bonds. The number of amides is 1. The lowest BCUT2D eigenvalue weighted by Gasteiger charge is -2.05. The molecule has 1 N–H and O–H groups in total. The summed E-state index contributed by atoms with van der Waals surface area (Å²) in [6.07, 6.45) is 0. The Hall–Kier alpha value is -1.86. The van der Waals surface area contributed by atoms with Crippen LogP contribution in [-0.4, -0.2) is 26.2 Å². The summed E-state index contributed by atoms with van der Waals surface area (Å²) in [5.74, 6) is 0.260. The number of nitrogens with one attached hydrogen (secondary N) is 1. The molecule has 3 rings (SSSR count). The Morgan fingerprint density at radius 1 is 1.36 bits per heavy atom. The summed E-state index contributed by atoms with van der Waals surface area (Å²) in [5.41, 5.74) is 2.98. The quantitative estimate of drug-likeness (QED) is 0.726. The second-order valence-electron chi connectivity index (χ2n) is 4.76. The van der Waals surface area contributed by atoms with Crippen molar-refractivity contribution in [2.45, 2.75) is 25.5 Å². The van der Waals surface area contributed by atoms with Crippen molar-refractivity contribution in [1.82, 2.24) is 14.5 Å². The van der Waals surface area contributed by atoms with E-state index in [1.165, 1.54) is 23.1 Å². The molecule has 0 bridgehead atoms. The number of hydrogen-bond donors (Lipinski definition) is 1. The van der Waals surface area contributed by atoms with E-state index in [4.69, 9.17) is 0 Å². The van der Waals surface area contributed by atoms with E-state index in [2.05, 4.69) is 26.8 Å². The van der Waals surface area contributed by atoms with E-state index in [0.717, 1.165) is 28.4 Å². The van der Waals surface area contributed by atoms with Crippen molar-refractivity contribution >= 4 is 45.2 Å². The first kappa shape index (κ1) is 15.1. The van der Waals surface area contributed by atoms with E-state index in [9.17, 15) is 4.79 Å². The zero-order valence-electron chi connectivity index (χ0n) is 12.4. The minimum atomic E-state index is -0.0611. The fourth-order valence-corrected chi connectivity index (χ4v) is 3.75. The highest BCUT2D eigenvalue weighted by atomic mass is 32.2. The maximum atomic E-state index is 12.0. The highest BCUT2D eigenvalue weighted by molar-refractivity contribution is 7.99. The molecule has 0 atom stereocenters. The average molecular weight is 332 g/mol. The molecule has 0 aliphatic carbocycles. The molecule has 7 heteroatoms. The number of imidazole rings is 1. The van der Waals surface area contributed by atoms with Crippen LogP contribution < -0.4 is 5.32 Å². The monoisotopic (exact) mass is 332 g/mol. The Morgan fingerprint density at radius 3 is 2.91 bits per heavy atom. The molecule has 0 aliphatic rings. The van der Waals surface area contributed by atoms with Gasteiger partial charge in [-0.25, -0.2) is 9.97 Å². The second kappa shape index (κ2) is 6.50. The predicted molar refractivity (Wildman–Crippen MR) is 91.6 cm³/mol. The van der Waals surface area contributed by atoms with Gasteiger partial charge in [0.25, 0.3) is 0 Å². The van der Waals surface area contributed by atoms with Gasteiger partial charge in [-0.2, -0.15) is 0 Å². The van der Waals surface area contributed by atoms with Gasteiger partial charge in [0.1, 0.15) is 0 Å². The van der Waals surface area contributed by atoms with Crippen LogP contribution in [0.15, 0.2) is 34.8 Å². The van der Waals surface area contributed by atoms with Gasteiger partial charge in [-0.3, -0.25) is 4.79 Å². The maximum absolute atomic E-state index is 12.0. The van der Waals surface area contributed by atoms with Crippen LogP contribution in [0.3, 0.4) is 0 Å². The number of thioether (sulfide) groups is 1. The lowest BCUT2D eigenvalue weighted by molar-refractivity contribution is -0.113. The van der Waals surface area contributed by atoms with Crippen molar-refractivity contribution in [1.29, 1.82) is 0 Å². The minimum absolute atomic E-state index is 0.0611. The molecule has 3 aromatic rings. The summed E-state index contributed by atoms with van der Waals surface area (Å²) in [6.45, 7) is 4.82. The molecular weight excluding hydrogens is 316 g/mol. The summed E-state index contributed by atoms with van der Waals surface area (Å²) in [6, 6.07) is 8.02. The number of anilines is 1. The first-order valence-corrected chi connectivity index (χ1v) is 8.84. The van der Waals surface area contributed by atoms with E-state index in [1.807, 2.05) is 36.6 Å². The summed E-state index contributed by atoms with van der Waals surface area (Å²) in [7, 11) is 0. The Morgan fingerprint density at radius 2 is 2.18 bits per heavy atom. The van der Waals surface area contributed by atoms with E-state index < -0.39 is 0 Å². The van der Waals surface area contributed by atoms with Gasteiger partial charge in [0.2, 0.25) is 5.91 Å². The SMILES string of the molecule is CCn1c(SCC(=O)Nc2nc(C)cs2)nc2ccccc21. The molecule has 0 spiro atoms. The fourth-order valence-electron chi connectivity index (χ4n) is 2.17. The van der Waals surface area contributed by atoms with Crippen molar-refractivity contribution in [3.8, 4) is 0 Å². The molecule has 2 aromatic heterocycles. The van der Waals surface area contributed by atoms with Crippen LogP contribution in [0.2, 0.25) is 0 Å². The summed E-state index contributed by atoms with van der Waals surface area (Å²) >= 11 is 2.89. The zero-order valence-corrected chi connectivity index (χ0v) is 14.0. The summed E-state index contributed by atoms with van der Waals surface area (Å²) in [5, 5.41) is 6.25. The van der Waals surface area contributed by atoms with Crippen LogP contribution in [-0.2, 0) is 11.3 Å². The van der Waals surface area contributed by atoms with Crippen LogP contribution in [0.25, 0.3) is 11.0 Å². The highest BCUT2D eigenvalue weighted by Crippen LogP contribution is 2.24. The summed E-state index contributed by atoms with van der Waals surface area (Å²) < 4.78 is 2.13. The highest BCUT2D eigenvalue weighted by Gasteiger charge is 2.12. The molecule has 114 valence electrons. The van der Waals surface area contributed by atoms with Gasteiger partial charge in [0.15, 0.2) is 10.3 Å². The number of fused-ring (bicyclic) bond motifs is 1. The molecule has 0 radical (unpaired) electrons. The normalized spacial score (nSPS) is 11.0. The zero-order chi connectivity index (χ0) is 15.5. The lowest BCUT2D eigenvalue weighted by Crippen LogP contribution is -2.14. The first-order chi connectivity index (χ1) is 10.7. The Balaban J connectivity index is 1.69. The van der Waals surface area contributed by atoms with Crippen LogP contribution in [0.1, 0.15) is 12.6 Å². The third-order valence-corrected chi connectivity index (χ3v) is 4.99. The molecule has 22 heavy (non-hydrogen) atoms. The van der Waals surface area contributed by atoms with Gasteiger partial charge in [0.05, 0.1) is 22.5 Å². The number of hydrogen-bond acceptors (Lipinski definition) is 5. The fraction of sp³-hybridized carbons (Fsp3) is 0.267. The van der Waals surface area contributed by atoms with Gasteiger partial charge < -0.3 is 9.88 Å². The topological polar surface area (TPSA) is 59.8 Å². The van der Waals surface area contributed by atoms with E-state index >= 15 is 0 Å². The minimum Gasteiger partial charge on any atom is -0.319 e. The van der Waals surface area contributed by atoms with Crippen molar-refractivity contribution in [3.05, 3.63) is 35.3 Å². The number of aromatic nitrogens is 3. The van der Waals surface area contributed by atoms with Crippen LogP contribution >= 0.6 is 23.1 Å². The number of aryl methyl sites for hydroxylation is 2. The van der Waals surface area contributed by atoms with E-state index in [0.29, 0.717) is 10.9 Å². The largest absolute Gasteiger partial charge is 0.319 e. The number of nitrogens with zero attached hydrogens (tertiary/aromatic N) is 3. The molecular formula is C15H16N4OS2. The maximum Gasteiger partial charge on any atom is 0.236 e. The van der Waals surface area contributed by atoms with Gasteiger partial charge in [-0.1, -0.05) is 23.9 Å². The Kier molecular flexibility index (Phi) is 4.44. The lowest BCUT2D eigenvalue weighted by atomic mass is 10.3. The number of carbonyl (C=O) groups is 1. The van der Waals surface area contributed by atoms with E-state index in [-0.39, 0.29) is 5.91 Å². The van der Waals surface area contributed by atoms with Crippen molar-refractivity contribution in [2.75, 3.05) is 11.1 Å². The van der Waals surface area contributed by atoms with Crippen molar-refractivity contribution in [3.63, 3.8) is 0 Å². The third-order valence-electron chi connectivity index (χ3n) is 3.13. The number of carbonyl (C=O) groups excluding carboxylic acids is 1. The van der Waals surface area contributed by atoms with Gasteiger partial charge >= 0.3 is 0 Å². The average Bonchev–Trinajstić information content (AvgIpc) is 3.07. The molecule has 0 saturated heterocycles. The van der Waals surface area contributed by atoms with Gasteiger partial charge in [-0.15, -0.1) is 11.3 Å². The Bertz CT molecular complexity index is 809. The number of thiazole rings is 1. The van der Waals surface area contributed by atoms with Crippen molar-refractivity contribution in [2.24, 2.45) is 0 Å². The summed E-state index contributed by atoms with van der Waals surface area (Å²) in [4.78, 5) is 20.8. The predicted octanol–water partition coefficient (Wildman–Crippen LogP) is 3.55. The second-order valence-corrected chi connectivity index (χ2v) is 6.56. The number of para-hydroxylation sites is 2. The van der Waals surface area contributed by atoms with Crippen LogP contribution in [0.5, 0.6) is 0 Å². The molecule has 2 heterocycles. The number of rotatable bonds is 5. The van der Waals surface area contributed by atoms with Crippen LogP contribution in [0.4, 0.5) is 5.13 Å². The first-order valence-electron chi connectivity index (χ1n) is 6.97. The van der Waals surface area contributed by atoms with Crippen LogP contribution in [0, 0.1) is 6.92 Å². The smallest absolute Gasteiger partial charge is 0.236 e. The molecule has 1 aromatic carbocycles. The molecule has 0 unspecified atom stereocenters. The molecule has 0 saturated carbocycles. The standard InChI is InChI=1S/C15H16N4OS2/c1-3-19-12-7-5-4-6-11(12)17-15(19)22-9-13(20)18-14-16-10(2)8-21-14/h4-8H,3,9H2,1-2H3,(H,16,18,20). The third kappa shape index (κ3) is 3.15. The van der Waals surface area contributed by atoms with Gasteiger partial charge in [-0.05, 0) is 26.0 Å².